The third kappa shape index (κ3) is 4.48. The maximum atomic E-state index is 7.05. The molecule has 4 heterocycles. The van der Waals surface area contributed by atoms with Crippen LogP contribution in [0.15, 0.2) is 211 Å². The summed E-state index contributed by atoms with van der Waals surface area (Å²) in [5, 5.41) is 12.2. The summed E-state index contributed by atoms with van der Waals surface area (Å²) >= 11 is 0. The first-order valence-corrected chi connectivity index (χ1v) is 22.2. The van der Waals surface area contributed by atoms with Crippen LogP contribution in [0.4, 0.5) is 0 Å². The van der Waals surface area contributed by atoms with E-state index < -0.39 is 8.07 Å². The van der Waals surface area contributed by atoms with Crippen molar-refractivity contribution in [3.8, 4) is 22.9 Å². The summed E-state index contributed by atoms with van der Waals surface area (Å²) < 4.78 is 18.4. The van der Waals surface area contributed by atoms with E-state index in [2.05, 4.69) is 209 Å². The van der Waals surface area contributed by atoms with Gasteiger partial charge >= 0.3 is 0 Å². The van der Waals surface area contributed by atoms with Gasteiger partial charge in [0.25, 0.3) is 0 Å². The van der Waals surface area contributed by atoms with Crippen LogP contribution in [-0.2, 0) is 0 Å². The number of furan rings is 1. The van der Waals surface area contributed by atoms with Crippen molar-refractivity contribution in [3.05, 3.63) is 206 Å². The van der Waals surface area contributed by atoms with Gasteiger partial charge in [0.1, 0.15) is 22.7 Å². The predicted octanol–water partition coefficient (Wildman–Crippen LogP) is 11.3. The van der Waals surface area contributed by atoms with Gasteiger partial charge < -0.3 is 18.3 Å². The molecule has 1 unspecified atom stereocenters. The third-order valence-electron chi connectivity index (χ3n) is 12.7. The molecule has 4 nitrogen and oxygen atoms in total. The van der Waals surface area contributed by atoms with E-state index in [4.69, 9.17) is 9.15 Å². The first-order chi connectivity index (χ1) is 29.3. The molecule has 9 aromatic carbocycles. The molecule has 1 aliphatic heterocycles. The third-order valence-corrected chi connectivity index (χ3v) is 17.5. The van der Waals surface area contributed by atoms with E-state index >= 15 is 0 Å². The van der Waals surface area contributed by atoms with E-state index in [9.17, 15) is 0 Å². The average Bonchev–Trinajstić information content (AvgIpc) is 3.96. The highest BCUT2D eigenvalue weighted by molar-refractivity contribution is 7.20. The van der Waals surface area contributed by atoms with Crippen LogP contribution >= 0.6 is 0 Å². The molecule has 276 valence electrons. The van der Waals surface area contributed by atoms with E-state index in [1.54, 1.807) is 0 Å². The number of aromatic nitrogens is 2. The lowest BCUT2D eigenvalue weighted by atomic mass is 10.1. The van der Waals surface area contributed by atoms with E-state index in [1.165, 1.54) is 64.4 Å². The molecule has 0 saturated carbocycles. The summed E-state index contributed by atoms with van der Waals surface area (Å²) in [6.45, 7) is 0. The van der Waals surface area contributed by atoms with Crippen molar-refractivity contribution in [1.82, 2.24) is 9.13 Å². The number of benzene rings is 9. The molecular formula is C54H34N2O2Si. The van der Waals surface area contributed by atoms with Crippen molar-refractivity contribution in [2.45, 2.75) is 0 Å². The highest BCUT2D eigenvalue weighted by Gasteiger charge is 2.48. The minimum absolute atomic E-state index is 0.880. The van der Waals surface area contributed by atoms with Crippen LogP contribution in [0.3, 0.4) is 0 Å². The Labute approximate surface area is 340 Å². The highest BCUT2D eigenvalue weighted by Crippen LogP contribution is 2.37. The highest BCUT2D eigenvalue weighted by atomic mass is 28.3. The summed E-state index contributed by atoms with van der Waals surface area (Å²) in [6, 6.07) is 75.0. The van der Waals surface area contributed by atoms with Crippen molar-refractivity contribution in [1.29, 1.82) is 0 Å². The van der Waals surface area contributed by atoms with Crippen LogP contribution in [0, 0.1) is 0 Å². The van der Waals surface area contributed by atoms with Crippen molar-refractivity contribution in [2.75, 3.05) is 0 Å². The molecule has 12 aromatic rings. The Hall–Kier alpha value is -7.60. The van der Waals surface area contributed by atoms with Crippen LogP contribution in [-0.4, -0.2) is 17.2 Å². The SMILES string of the molecule is c1ccc2c(c1)Oc1cc(-n3c4ccccc4c4ccccc43)ccc1[Si]2(c1ccc(-n2c3ccccc3c3ccccc32)cc1)c1ccc2c(c1)oc1ccccc12. The molecule has 5 heteroatoms. The molecule has 0 bridgehead atoms. The zero-order chi connectivity index (χ0) is 38.7. The van der Waals surface area contributed by atoms with Crippen LogP contribution < -0.4 is 25.5 Å². The first kappa shape index (κ1) is 32.5. The number of para-hydroxylation sites is 6. The molecule has 1 atom stereocenters. The number of ether oxygens (including phenoxy) is 1. The minimum atomic E-state index is -3.08. The van der Waals surface area contributed by atoms with Crippen molar-refractivity contribution >= 4 is 94.4 Å². The Morgan fingerprint density at radius 3 is 1.44 bits per heavy atom. The Balaban J connectivity index is 1.09. The fourth-order valence-electron chi connectivity index (χ4n) is 10.2. The molecule has 3 aromatic heterocycles. The summed E-state index contributed by atoms with van der Waals surface area (Å²) in [5.41, 5.74) is 8.72. The summed E-state index contributed by atoms with van der Waals surface area (Å²) in [6.07, 6.45) is 0. The monoisotopic (exact) mass is 770 g/mol. The standard InChI is InChI=1S/C54H34N2O2Si/c1-6-18-45-39(13-1)40-14-2-7-19-46(40)55(45)35-25-28-37(29-26-35)59(38-30-31-44-43-17-5-10-22-49(43)57-51(44)34-38)53-24-12-11-23-50(53)58-52-33-36(27-32-54(52)59)56-47-20-8-3-15-41(47)42-16-4-9-21-48(42)56/h1-34H. The quantitative estimate of drug-likeness (QED) is 0.167. The Morgan fingerprint density at radius 2 is 0.797 bits per heavy atom. The maximum Gasteiger partial charge on any atom is 0.188 e. The van der Waals surface area contributed by atoms with E-state index in [0.29, 0.717) is 0 Å². The molecule has 0 radical (unpaired) electrons. The molecule has 59 heavy (non-hydrogen) atoms. The zero-order valence-electron chi connectivity index (χ0n) is 31.8. The second kappa shape index (κ2) is 12.2. The van der Waals surface area contributed by atoms with Gasteiger partial charge in [0.2, 0.25) is 0 Å². The molecule has 0 N–H and O–H groups in total. The number of rotatable bonds is 4. The van der Waals surface area contributed by atoms with Crippen LogP contribution in [0.5, 0.6) is 11.5 Å². The number of hydrogen-bond acceptors (Lipinski definition) is 2. The minimum Gasteiger partial charge on any atom is -0.457 e. The van der Waals surface area contributed by atoms with E-state index in [-0.39, 0.29) is 0 Å². The van der Waals surface area contributed by atoms with Gasteiger partial charge in [-0.2, -0.15) is 0 Å². The molecule has 1 aliphatic rings. The Kier molecular flexibility index (Phi) is 6.72. The average molecular weight is 771 g/mol. The Morgan fingerprint density at radius 1 is 0.322 bits per heavy atom. The maximum absolute atomic E-state index is 7.05. The lowest BCUT2D eigenvalue weighted by molar-refractivity contribution is 0.487. The molecule has 0 amide bonds. The predicted molar refractivity (Wildman–Crippen MR) is 246 cm³/mol. The van der Waals surface area contributed by atoms with Gasteiger partial charge in [-0.3, -0.25) is 0 Å². The van der Waals surface area contributed by atoms with Gasteiger partial charge in [-0.15, -0.1) is 0 Å². The van der Waals surface area contributed by atoms with Crippen LogP contribution in [0.25, 0.3) is 76.9 Å². The van der Waals surface area contributed by atoms with Crippen LogP contribution in [0.2, 0.25) is 0 Å². The van der Waals surface area contributed by atoms with Gasteiger partial charge in [-0.05, 0) is 81.4 Å². The normalized spacial score (nSPS) is 15.0. The second-order valence-corrected chi connectivity index (χ2v) is 19.4. The van der Waals surface area contributed by atoms with Crippen LogP contribution in [0.1, 0.15) is 0 Å². The molecule has 0 spiro atoms. The van der Waals surface area contributed by atoms with Gasteiger partial charge in [0.05, 0.1) is 22.1 Å². The lowest BCUT2D eigenvalue weighted by Gasteiger charge is -2.39. The van der Waals surface area contributed by atoms with Crippen molar-refractivity contribution in [2.24, 2.45) is 0 Å². The van der Waals surface area contributed by atoms with Gasteiger partial charge in [0.15, 0.2) is 8.07 Å². The van der Waals surface area contributed by atoms with Gasteiger partial charge in [-0.25, -0.2) is 0 Å². The fourth-order valence-corrected chi connectivity index (χ4v) is 15.1. The summed E-state index contributed by atoms with van der Waals surface area (Å²) in [7, 11) is -3.08. The molecule has 0 saturated heterocycles. The van der Waals surface area contributed by atoms with Crippen molar-refractivity contribution in [3.63, 3.8) is 0 Å². The number of nitrogens with zero attached hydrogens (tertiary/aromatic N) is 2. The van der Waals surface area contributed by atoms with Gasteiger partial charge in [0, 0.05) is 49.8 Å². The molecular weight excluding hydrogens is 737 g/mol. The topological polar surface area (TPSA) is 32.2 Å². The van der Waals surface area contributed by atoms with Crippen molar-refractivity contribution < 1.29 is 9.15 Å². The Bertz CT molecular complexity index is 3560. The second-order valence-electron chi connectivity index (χ2n) is 15.6. The number of fused-ring (bicyclic) bond motifs is 11. The zero-order valence-corrected chi connectivity index (χ0v) is 32.8. The van der Waals surface area contributed by atoms with E-state index in [0.717, 1.165) is 44.8 Å². The van der Waals surface area contributed by atoms with E-state index in [1.807, 2.05) is 6.07 Å². The van der Waals surface area contributed by atoms with Gasteiger partial charge in [-0.1, -0.05) is 140 Å². The summed E-state index contributed by atoms with van der Waals surface area (Å²) in [5.74, 6) is 1.77. The lowest BCUT2D eigenvalue weighted by Crippen LogP contribution is -2.76. The molecule has 13 rings (SSSR count). The largest absolute Gasteiger partial charge is 0.457 e. The molecule has 0 aliphatic carbocycles. The summed E-state index contributed by atoms with van der Waals surface area (Å²) in [4.78, 5) is 0. The fraction of sp³-hybridized carbons (Fsp3) is 0. The number of hydrogen-bond donors (Lipinski definition) is 0. The smallest absolute Gasteiger partial charge is 0.188 e. The first-order valence-electron chi connectivity index (χ1n) is 20.2. The molecule has 0 fully saturated rings.